The van der Waals surface area contributed by atoms with Crippen LogP contribution in [-0.4, -0.2) is 22.4 Å². The minimum atomic E-state index is -1.02. The van der Waals surface area contributed by atoms with Crippen LogP contribution < -0.4 is 10.2 Å². The molecule has 0 aromatic heterocycles. The lowest BCUT2D eigenvalue weighted by Gasteiger charge is -2.28. The van der Waals surface area contributed by atoms with Crippen molar-refractivity contribution in [3.8, 4) is 0 Å². The number of carbonyl (C=O) groups excluding carboxylic acids is 2. The first-order chi connectivity index (χ1) is 14.8. The van der Waals surface area contributed by atoms with Crippen molar-refractivity contribution in [3.05, 3.63) is 95.3 Å². The predicted molar refractivity (Wildman–Crippen MR) is 124 cm³/mol. The summed E-state index contributed by atoms with van der Waals surface area (Å²) in [6, 6.07) is 21.9. The van der Waals surface area contributed by atoms with Crippen molar-refractivity contribution in [1.29, 1.82) is 0 Å². The molecule has 0 spiro atoms. The number of imide groups is 1. The Balaban J connectivity index is 1.65. The van der Waals surface area contributed by atoms with Crippen LogP contribution in [0.4, 0.5) is 14.9 Å². The summed E-state index contributed by atoms with van der Waals surface area (Å²) in [7, 11) is 2.29. The van der Waals surface area contributed by atoms with Crippen LogP contribution in [0.3, 0.4) is 0 Å². The van der Waals surface area contributed by atoms with Gasteiger partial charge in [-0.25, -0.2) is 14.1 Å². The Morgan fingerprint density at radius 1 is 0.903 bits per heavy atom. The minimum absolute atomic E-state index is 0.308. The summed E-state index contributed by atoms with van der Waals surface area (Å²) in [6.45, 7) is 3.81. The second kappa shape index (κ2) is 8.24. The van der Waals surface area contributed by atoms with Gasteiger partial charge in [-0.2, -0.15) is 0 Å². The Bertz CT molecular complexity index is 1150. The number of anilines is 1. The molecule has 3 amide bonds. The molecule has 1 unspecified atom stereocenters. The van der Waals surface area contributed by atoms with Gasteiger partial charge in [0, 0.05) is 11.8 Å². The Kier molecular flexibility index (Phi) is 5.63. The van der Waals surface area contributed by atoms with E-state index in [9.17, 15) is 14.0 Å². The van der Waals surface area contributed by atoms with Crippen molar-refractivity contribution >= 4 is 32.2 Å². The molecule has 0 aliphatic carbocycles. The van der Waals surface area contributed by atoms with Crippen molar-refractivity contribution in [3.63, 3.8) is 0 Å². The van der Waals surface area contributed by atoms with E-state index >= 15 is 0 Å². The van der Waals surface area contributed by atoms with Gasteiger partial charge in [-0.3, -0.25) is 4.79 Å². The van der Waals surface area contributed by atoms with Gasteiger partial charge in [0.2, 0.25) is 0 Å². The standard InChI is InChI=1S/C25H24FN2O2P/c1-25(2)23(29)28(20-12-13-21(26)22(31)15-20)24(30)27(25)16-19-11-7-6-10-18(19)14-17-8-4-3-5-9-17/h3-13,15H,14,16,31H2,1-2H3. The maximum absolute atomic E-state index is 13.7. The SMILES string of the molecule is CC1(C)C(=O)N(c2ccc(F)c(P)c2)C(=O)N1Cc1ccccc1Cc1ccccc1. The first-order valence-electron chi connectivity index (χ1n) is 10.1. The minimum Gasteiger partial charge on any atom is -0.305 e. The highest BCUT2D eigenvalue weighted by Crippen LogP contribution is 2.34. The Hall–Kier alpha value is -3.04. The first-order valence-corrected chi connectivity index (χ1v) is 10.7. The van der Waals surface area contributed by atoms with E-state index in [1.165, 1.54) is 23.8 Å². The van der Waals surface area contributed by atoms with E-state index in [1.54, 1.807) is 18.7 Å². The van der Waals surface area contributed by atoms with Crippen LogP contribution in [0.1, 0.15) is 30.5 Å². The normalized spacial score (nSPS) is 15.6. The Morgan fingerprint density at radius 3 is 2.23 bits per heavy atom. The fraction of sp³-hybridized carbons (Fsp3) is 0.200. The average Bonchev–Trinajstić information content (AvgIpc) is 2.92. The fourth-order valence-corrected chi connectivity index (χ4v) is 4.14. The van der Waals surface area contributed by atoms with E-state index in [4.69, 9.17) is 0 Å². The molecule has 6 heteroatoms. The zero-order chi connectivity index (χ0) is 22.2. The van der Waals surface area contributed by atoms with Gasteiger partial charge in [-0.1, -0.05) is 54.6 Å². The molecule has 158 valence electrons. The first kappa shape index (κ1) is 21.2. The summed E-state index contributed by atoms with van der Waals surface area (Å²) in [6.07, 6.45) is 0.742. The fourth-order valence-electron chi connectivity index (χ4n) is 3.87. The van der Waals surface area contributed by atoms with Gasteiger partial charge in [-0.15, -0.1) is 9.24 Å². The maximum atomic E-state index is 13.7. The molecule has 1 fully saturated rings. The van der Waals surface area contributed by atoms with E-state index in [2.05, 4.69) is 27.4 Å². The van der Waals surface area contributed by atoms with Crippen LogP contribution in [0, 0.1) is 5.82 Å². The quantitative estimate of drug-likeness (QED) is 0.433. The van der Waals surface area contributed by atoms with Gasteiger partial charge < -0.3 is 4.90 Å². The van der Waals surface area contributed by atoms with Gasteiger partial charge >= 0.3 is 6.03 Å². The molecular formula is C25H24FN2O2P. The summed E-state index contributed by atoms with van der Waals surface area (Å²) in [4.78, 5) is 29.2. The molecule has 31 heavy (non-hydrogen) atoms. The Morgan fingerprint density at radius 2 is 1.55 bits per heavy atom. The topological polar surface area (TPSA) is 40.6 Å². The van der Waals surface area contributed by atoms with Gasteiger partial charge in [0.1, 0.15) is 11.4 Å². The molecule has 1 heterocycles. The summed E-state index contributed by atoms with van der Waals surface area (Å²) in [5.74, 6) is -0.729. The van der Waals surface area contributed by atoms with E-state index in [-0.39, 0.29) is 5.91 Å². The number of benzene rings is 3. The lowest BCUT2D eigenvalue weighted by molar-refractivity contribution is -0.123. The van der Waals surface area contributed by atoms with Crippen LogP contribution in [0.15, 0.2) is 72.8 Å². The van der Waals surface area contributed by atoms with Crippen LogP contribution in [0.25, 0.3) is 0 Å². The highest BCUT2D eigenvalue weighted by atomic mass is 31.0. The lowest BCUT2D eigenvalue weighted by Crippen LogP contribution is -2.43. The molecule has 0 saturated carbocycles. The van der Waals surface area contributed by atoms with Crippen molar-refractivity contribution < 1.29 is 14.0 Å². The molecule has 0 radical (unpaired) electrons. The van der Waals surface area contributed by atoms with Crippen molar-refractivity contribution in [2.24, 2.45) is 0 Å². The molecule has 1 atom stereocenters. The molecule has 0 N–H and O–H groups in total. The highest BCUT2D eigenvalue weighted by molar-refractivity contribution is 7.27. The third-order valence-electron chi connectivity index (χ3n) is 5.75. The molecule has 1 aliphatic heterocycles. The molecule has 1 aliphatic rings. The molecule has 3 aromatic carbocycles. The summed E-state index contributed by atoms with van der Waals surface area (Å²) in [5.41, 5.74) is 2.63. The molecule has 0 bridgehead atoms. The molecule has 4 rings (SSSR count). The molecule has 4 nitrogen and oxygen atoms in total. The van der Waals surface area contributed by atoms with Crippen LogP contribution in [0.2, 0.25) is 0 Å². The smallest absolute Gasteiger partial charge is 0.305 e. The van der Waals surface area contributed by atoms with Crippen molar-refractivity contribution in [2.45, 2.75) is 32.4 Å². The van der Waals surface area contributed by atoms with Gasteiger partial charge in [0.15, 0.2) is 0 Å². The number of urea groups is 1. The van der Waals surface area contributed by atoms with Gasteiger partial charge in [-0.05, 0) is 55.2 Å². The summed E-state index contributed by atoms with van der Waals surface area (Å²) < 4.78 is 13.7. The number of amides is 3. The van der Waals surface area contributed by atoms with E-state index in [0.717, 1.165) is 22.4 Å². The largest absolute Gasteiger partial charge is 0.332 e. The molecular weight excluding hydrogens is 410 g/mol. The van der Waals surface area contributed by atoms with Crippen LogP contribution in [-0.2, 0) is 17.8 Å². The van der Waals surface area contributed by atoms with E-state index < -0.39 is 17.4 Å². The van der Waals surface area contributed by atoms with E-state index in [0.29, 0.717) is 17.5 Å². The average molecular weight is 434 g/mol. The highest BCUT2D eigenvalue weighted by Gasteiger charge is 2.51. The molecule has 3 aromatic rings. The number of carbonyl (C=O) groups is 2. The van der Waals surface area contributed by atoms with Crippen molar-refractivity contribution in [2.75, 3.05) is 4.90 Å². The zero-order valence-corrected chi connectivity index (χ0v) is 18.7. The number of nitrogens with zero attached hydrogens (tertiary/aromatic N) is 2. The maximum Gasteiger partial charge on any atom is 0.332 e. The van der Waals surface area contributed by atoms with E-state index in [1.807, 2.05) is 36.4 Å². The van der Waals surface area contributed by atoms with Crippen molar-refractivity contribution in [1.82, 2.24) is 4.90 Å². The Labute approximate surface area is 183 Å². The third kappa shape index (κ3) is 3.98. The monoisotopic (exact) mass is 434 g/mol. The zero-order valence-electron chi connectivity index (χ0n) is 17.5. The summed E-state index contributed by atoms with van der Waals surface area (Å²) in [5, 5.41) is 0.308. The predicted octanol–water partition coefficient (Wildman–Crippen LogP) is 4.66. The number of rotatable bonds is 5. The number of hydrogen-bond donors (Lipinski definition) is 0. The second-order valence-corrected chi connectivity index (χ2v) is 8.83. The molecule has 1 saturated heterocycles. The van der Waals surface area contributed by atoms with Crippen LogP contribution in [0.5, 0.6) is 0 Å². The van der Waals surface area contributed by atoms with Crippen LogP contribution >= 0.6 is 9.24 Å². The third-order valence-corrected chi connectivity index (χ3v) is 6.19. The number of hydrogen-bond acceptors (Lipinski definition) is 2. The lowest BCUT2D eigenvalue weighted by atomic mass is 9.97. The second-order valence-electron chi connectivity index (χ2n) is 8.21. The summed E-state index contributed by atoms with van der Waals surface area (Å²) >= 11 is 0. The van der Waals surface area contributed by atoms with Gasteiger partial charge in [0.25, 0.3) is 5.91 Å². The number of halogens is 1. The van der Waals surface area contributed by atoms with Gasteiger partial charge in [0.05, 0.1) is 5.69 Å².